The second-order valence-electron chi connectivity index (χ2n) is 7.59. The maximum atomic E-state index is 13.0. The SMILES string of the molecule is CCN1C(=O)/C(=C\c2ccc(OCc3ccccc3)c(OC)c2)SC1=Nc1ccc(C(=O)O)cc1. The molecule has 0 unspecified atom stereocenters. The number of aliphatic imine (C=N–C) groups is 1. The Morgan fingerprint density at radius 2 is 1.80 bits per heavy atom. The van der Waals surface area contributed by atoms with Crippen LogP contribution in [0.5, 0.6) is 11.5 Å². The molecule has 1 aliphatic heterocycles. The maximum absolute atomic E-state index is 13.0. The zero-order valence-corrected chi connectivity index (χ0v) is 20.1. The molecule has 178 valence electrons. The molecule has 1 saturated heterocycles. The number of nitrogens with zero attached hydrogens (tertiary/aromatic N) is 2. The number of carboxylic acids is 1. The number of amides is 1. The van der Waals surface area contributed by atoms with Crippen LogP contribution in [0, 0.1) is 0 Å². The summed E-state index contributed by atoms with van der Waals surface area (Å²) in [6.07, 6.45) is 1.80. The summed E-state index contributed by atoms with van der Waals surface area (Å²) in [5, 5.41) is 9.61. The number of methoxy groups -OCH3 is 1. The second-order valence-corrected chi connectivity index (χ2v) is 8.60. The smallest absolute Gasteiger partial charge is 0.335 e. The van der Waals surface area contributed by atoms with E-state index >= 15 is 0 Å². The molecule has 0 aromatic heterocycles. The molecular formula is C27H24N2O5S. The average Bonchev–Trinajstić information content (AvgIpc) is 3.17. The van der Waals surface area contributed by atoms with Crippen molar-refractivity contribution in [3.8, 4) is 11.5 Å². The fourth-order valence-electron chi connectivity index (χ4n) is 3.44. The van der Waals surface area contributed by atoms with E-state index < -0.39 is 5.97 Å². The highest BCUT2D eigenvalue weighted by atomic mass is 32.2. The van der Waals surface area contributed by atoms with Crippen LogP contribution in [0.1, 0.15) is 28.4 Å². The number of carboxylic acid groups (broad SMARTS) is 1. The number of aromatic carboxylic acids is 1. The molecule has 0 spiro atoms. The first-order valence-corrected chi connectivity index (χ1v) is 11.8. The molecule has 0 atom stereocenters. The van der Waals surface area contributed by atoms with Crippen LogP contribution in [0.3, 0.4) is 0 Å². The summed E-state index contributed by atoms with van der Waals surface area (Å²) in [7, 11) is 1.58. The van der Waals surface area contributed by atoms with Gasteiger partial charge in [0.05, 0.1) is 23.3 Å². The Bertz CT molecular complexity index is 1290. The van der Waals surface area contributed by atoms with Gasteiger partial charge in [0, 0.05) is 6.54 Å². The summed E-state index contributed by atoms with van der Waals surface area (Å²) in [6, 6.07) is 21.6. The first-order chi connectivity index (χ1) is 17.0. The van der Waals surface area contributed by atoms with Gasteiger partial charge in [0.25, 0.3) is 5.91 Å². The van der Waals surface area contributed by atoms with E-state index in [0.29, 0.717) is 40.4 Å². The van der Waals surface area contributed by atoms with Gasteiger partial charge in [-0.25, -0.2) is 9.79 Å². The fraction of sp³-hybridized carbons (Fsp3) is 0.148. The molecule has 1 heterocycles. The number of hydrogen-bond acceptors (Lipinski definition) is 6. The molecule has 1 N–H and O–H groups in total. The molecule has 0 radical (unpaired) electrons. The maximum Gasteiger partial charge on any atom is 0.335 e. The van der Waals surface area contributed by atoms with Crippen LogP contribution in [-0.2, 0) is 11.4 Å². The predicted octanol–water partition coefficient (Wildman–Crippen LogP) is 5.60. The minimum atomic E-state index is -0.998. The van der Waals surface area contributed by atoms with Crippen LogP contribution in [0.15, 0.2) is 82.7 Å². The van der Waals surface area contributed by atoms with Crippen molar-refractivity contribution in [3.63, 3.8) is 0 Å². The van der Waals surface area contributed by atoms with Crippen molar-refractivity contribution in [2.45, 2.75) is 13.5 Å². The third-order valence-corrected chi connectivity index (χ3v) is 6.27. The summed E-state index contributed by atoms with van der Waals surface area (Å²) in [5.74, 6) is 0.0559. The monoisotopic (exact) mass is 488 g/mol. The molecule has 1 aliphatic rings. The zero-order valence-electron chi connectivity index (χ0n) is 19.3. The van der Waals surface area contributed by atoms with Crippen LogP contribution in [0.25, 0.3) is 6.08 Å². The highest BCUT2D eigenvalue weighted by Crippen LogP contribution is 2.36. The van der Waals surface area contributed by atoms with Gasteiger partial charge in [0.1, 0.15) is 6.61 Å². The molecule has 8 heteroatoms. The number of hydrogen-bond donors (Lipinski definition) is 1. The number of thioether (sulfide) groups is 1. The Kier molecular flexibility index (Phi) is 7.52. The van der Waals surface area contributed by atoms with Gasteiger partial charge in [-0.2, -0.15) is 0 Å². The minimum Gasteiger partial charge on any atom is -0.493 e. The van der Waals surface area contributed by atoms with E-state index in [4.69, 9.17) is 14.6 Å². The van der Waals surface area contributed by atoms with Gasteiger partial charge >= 0.3 is 5.97 Å². The second kappa shape index (κ2) is 10.9. The lowest BCUT2D eigenvalue weighted by atomic mass is 10.1. The summed E-state index contributed by atoms with van der Waals surface area (Å²) >= 11 is 1.28. The van der Waals surface area contributed by atoms with E-state index in [9.17, 15) is 9.59 Å². The van der Waals surface area contributed by atoms with E-state index in [1.165, 1.54) is 23.9 Å². The zero-order chi connectivity index (χ0) is 24.8. The van der Waals surface area contributed by atoms with Crippen LogP contribution >= 0.6 is 11.8 Å². The predicted molar refractivity (Wildman–Crippen MR) is 137 cm³/mol. The van der Waals surface area contributed by atoms with Crippen molar-refractivity contribution in [2.75, 3.05) is 13.7 Å². The molecule has 0 aliphatic carbocycles. The highest BCUT2D eigenvalue weighted by molar-refractivity contribution is 8.18. The minimum absolute atomic E-state index is 0.137. The Hall–Kier alpha value is -4.04. The van der Waals surface area contributed by atoms with Crippen molar-refractivity contribution < 1.29 is 24.2 Å². The lowest BCUT2D eigenvalue weighted by Crippen LogP contribution is -2.28. The van der Waals surface area contributed by atoms with Crippen LogP contribution < -0.4 is 9.47 Å². The van der Waals surface area contributed by atoms with Crippen molar-refractivity contribution in [2.24, 2.45) is 4.99 Å². The number of likely N-dealkylation sites (N-methyl/N-ethyl adjacent to an activating group) is 1. The number of amidine groups is 1. The molecule has 4 rings (SSSR count). The topological polar surface area (TPSA) is 88.4 Å². The molecule has 0 saturated carbocycles. The van der Waals surface area contributed by atoms with E-state index in [2.05, 4.69) is 4.99 Å². The van der Waals surface area contributed by atoms with Gasteiger partial charge in [-0.15, -0.1) is 0 Å². The largest absolute Gasteiger partial charge is 0.493 e. The number of benzene rings is 3. The first-order valence-electron chi connectivity index (χ1n) is 11.0. The van der Waals surface area contributed by atoms with Gasteiger partial charge in [0.15, 0.2) is 16.7 Å². The quantitative estimate of drug-likeness (QED) is 0.416. The lowest BCUT2D eigenvalue weighted by molar-refractivity contribution is -0.122. The van der Waals surface area contributed by atoms with Crippen molar-refractivity contribution in [1.29, 1.82) is 0 Å². The van der Waals surface area contributed by atoms with Gasteiger partial charge in [0.2, 0.25) is 0 Å². The summed E-state index contributed by atoms with van der Waals surface area (Å²) in [6.45, 7) is 2.77. The van der Waals surface area contributed by atoms with E-state index in [1.807, 2.05) is 55.5 Å². The van der Waals surface area contributed by atoms with Crippen LogP contribution in [0.4, 0.5) is 5.69 Å². The number of ether oxygens (including phenoxy) is 2. The molecular weight excluding hydrogens is 464 g/mol. The summed E-state index contributed by atoms with van der Waals surface area (Å²) < 4.78 is 11.4. The molecule has 3 aromatic carbocycles. The Balaban J connectivity index is 1.54. The number of rotatable bonds is 8. The molecule has 3 aromatic rings. The highest BCUT2D eigenvalue weighted by Gasteiger charge is 2.32. The molecule has 35 heavy (non-hydrogen) atoms. The van der Waals surface area contributed by atoms with Crippen molar-refractivity contribution in [3.05, 3.63) is 94.4 Å². The fourth-order valence-corrected chi connectivity index (χ4v) is 4.50. The normalized spacial score (nSPS) is 15.6. The molecule has 1 fully saturated rings. The van der Waals surface area contributed by atoms with Crippen molar-refractivity contribution in [1.82, 2.24) is 4.90 Å². The Morgan fingerprint density at radius 1 is 1.06 bits per heavy atom. The van der Waals surface area contributed by atoms with Gasteiger partial charge in [-0.3, -0.25) is 9.69 Å². The van der Waals surface area contributed by atoms with Gasteiger partial charge in [-0.1, -0.05) is 36.4 Å². The molecule has 1 amide bonds. The van der Waals surface area contributed by atoms with E-state index in [0.717, 1.165) is 11.1 Å². The number of carbonyl (C=O) groups is 2. The van der Waals surface area contributed by atoms with Gasteiger partial charge in [-0.05, 0) is 72.3 Å². The van der Waals surface area contributed by atoms with Crippen molar-refractivity contribution >= 4 is 40.6 Å². The van der Waals surface area contributed by atoms with Crippen LogP contribution in [-0.4, -0.2) is 40.7 Å². The average molecular weight is 489 g/mol. The van der Waals surface area contributed by atoms with E-state index in [-0.39, 0.29) is 11.5 Å². The van der Waals surface area contributed by atoms with Crippen LogP contribution in [0.2, 0.25) is 0 Å². The molecule has 0 bridgehead atoms. The summed E-state index contributed by atoms with van der Waals surface area (Å²) in [4.78, 5) is 30.7. The Morgan fingerprint density at radius 3 is 2.46 bits per heavy atom. The summed E-state index contributed by atoms with van der Waals surface area (Å²) in [5.41, 5.74) is 2.61. The third-order valence-electron chi connectivity index (χ3n) is 5.27. The lowest BCUT2D eigenvalue weighted by Gasteiger charge is -2.12. The van der Waals surface area contributed by atoms with Gasteiger partial charge < -0.3 is 14.6 Å². The standard InChI is InChI=1S/C27H24N2O5S/c1-3-29-25(30)24(35-27(29)28-21-12-10-20(11-13-21)26(31)32)16-19-9-14-22(23(15-19)33-2)34-17-18-7-5-4-6-8-18/h4-16H,3,17H2,1-2H3,(H,31,32)/b24-16+,28-27?. The van der Waals surface area contributed by atoms with E-state index in [1.54, 1.807) is 30.2 Å². The number of carbonyl (C=O) groups excluding carboxylic acids is 1. The Labute approximate surface area is 207 Å². The first kappa shape index (κ1) is 24.1. The molecule has 7 nitrogen and oxygen atoms in total. The third kappa shape index (κ3) is 5.73.